The number of rotatable bonds is 5. The molecule has 4 heteroatoms. The molecule has 1 heterocycles. The van der Waals surface area contributed by atoms with E-state index >= 15 is 0 Å². The summed E-state index contributed by atoms with van der Waals surface area (Å²) in [6, 6.07) is 3.05. The molecule has 1 atom stereocenters. The third kappa shape index (κ3) is 3.88. The number of aromatic amines is 1. The van der Waals surface area contributed by atoms with Gasteiger partial charge in [0.05, 0.1) is 0 Å². The maximum absolute atomic E-state index is 11.7. The van der Waals surface area contributed by atoms with Gasteiger partial charge in [-0.15, -0.1) is 0 Å². The molecule has 0 saturated carbocycles. The Kier molecular flexibility index (Phi) is 4.76. The minimum absolute atomic E-state index is 0.145. The highest BCUT2D eigenvalue weighted by molar-refractivity contribution is 5.94. The standard InChI is InChI=1S/C12H18N2O2/c1-3-4-5-9(2)14-12(16)10-6-7-13-11(15)8-10/h6-9H,3-5H2,1-2H3,(H,13,15)(H,14,16). The lowest BCUT2D eigenvalue weighted by Gasteiger charge is -2.12. The Morgan fingerprint density at radius 3 is 2.94 bits per heavy atom. The van der Waals surface area contributed by atoms with Gasteiger partial charge in [0.15, 0.2) is 0 Å². The monoisotopic (exact) mass is 222 g/mol. The predicted molar refractivity (Wildman–Crippen MR) is 63.5 cm³/mol. The van der Waals surface area contributed by atoms with E-state index in [1.807, 2.05) is 6.92 Å². The van der Waals surface area contributed by atoms with Crippen LogP contribution in [0.4, 0.5) is 0 Å². The van der Waals surface area contributed by atoms with Crippen molar-refractivity contribution in [2.75, 3.05) is 0 Å². The van der Waals surface area contributed by atoms with Crippen molar-refractivity contribution < 1.29 is 4.79 Å². The fourth-order valence-corrected chi connectivity index (χ4v) is 1.48. The second-order valence-electron chi connectivity index (χ2n) is 3.96. The van der Waals surface area contributed by atoms with Gasteiger partial charge in [0.1, 0.15) is 0 Å². The number of H-pyrrole nitrogens is 1. The highest BCUT2D eigenvalue weighted by Crippen LogP contribution is 2.01. The number of carbonyl (C=O) groups excluding carboxylic acids is 1. The molecule has 0 saturated heterocycles. The van der Waals surface area contributed by atoms with Crippen LogP contribution >= 0.6 is 0 Å². The molecule has 1 amide bonds. The molecule has 0 radical (unpaired) electrons. The Balaban J connectivity index is 2.55. The number of hydrogen-bond acceptors (Lipinski definition) is 2. The average Bonchev–Trinajstić information content (AvgIpc) is 2.26. The number of aromatic nitrogens is 1. The lowest BCUT2D eigenvalue weighted by molar-refractivity contribution is 0.0937. The first-order valence-corrected chi connectivity index (χ1v) is 5.63. The number of carbonyl (C=O) groups is 1. The van der Waals surface area contributed by atoms with Crippen molar-refractivity contribution in [2.24, 2.45) is 0 Å². The molecule has 0 aromatic carbocycles. The van der Waals surface area contributed by atoms with Crippen LogP contribution in [0.5, 0.6) is 0 Å². The van der Waals surface area contributed by atoms with Crippen LogP contribution in [0.3, 0.4) is 0 Å². The maximum Gasteiger partial charge on any atom is 0.251 e. The minimum atomic E-state index is -0.256. The Hall–Kier alpha value is -1.58. The van der Waals surface area contributed by atoms with Gasteiger partial charge in [0.2, 0.25) is 5.56 Å². The third-order valence-electron chi connectivity index (χ3n) is 2.41. The minimum Gasteiger partial charge on any atom is -0.350 e. The molecule has 1 aromatic heterocycles. The predicted octanol–water partition coefficient (Wildman–Crippen LogP) is 1.68. The molecule has 0 aliphatic carbocycles. The van der Waals surface area contributed by atoms with Crippen molar-refractivity contribution in [1.82, 2.24) is 10.3 Å². The molecular formula is C12H18N2O2. The molecule has 0 aliphatic heterocycles. The number of unbranched alkanes of at least 4 members (excludes halogenated alkanes) is 1. The quantitative estimate of drug-likeness (QED) is 0.796. The van der Waals surface area contributed by atoms with Crippen LogP contribution in [-0.2, 0) is 0 Å². The van der Waals surface area contributed by atoms with Crippen LogP contribution in [0.15, 0.2) is 23.1 Å². The molecule has 1 unspecified atom stereocenters. The first-order valence-electron chi connectivity index (χ1n) is 5.63. The Bertz CT molecular complexity index is 398. The zero-order valence-corrected chi connectivity index (χ0v) is 9.75. The summed E-state index contributed by atoms with van der Waals surface area (Å²) in [7, 11) is 0. The lowest BCUT2D eigenvalue weighted by atomic mass is 10.1. The Morgan fingerprint density at radius 1 is 1.56 bits per heavy atom. The molecule has 0 aliphatic rings. The summed E-state index contributed by atoms with van der Waals surface area (Å²) >= 11 is 0. The molecule has 0 fully saturated rings. The zero-order valence-electron chi connectivity index (χ0n) is 9.75. The van der Waals surface area contributed by atoms with E-state index in [9.17, 15) is 9.59 Å². The van der Waals surface area contributed by atoms with Crippen molar-refractivity contribution in [1.29, 1.82) is 0 Å². The van der Waals surface area contributed by atoms with Crippen molar-refractivity contribution in [2.45, 2.75) is 39.2 Å². The van der Waals surface area contributed by atoms with Crippen LogP contribution in [-0.4, -0.2) is 16.9 Å². The van der Waals surface area contributed by atoms with Crippen LogP contribution in [0.1, 0.15) is 43.5 Å². The molecule has 4 nitrogen and oxygen atoms in total. The molecular weight excluding hydrogens is 204 g/mol. The maximum atomic E-state index is 11.7. The van der Waals surface area contributed by atoms with Gasteiger partial charge in [-0.05, 0) is 19.4 Å². The summed E-state index contributed by atoms with van der Waals surface area (Å²) < 4.78 is 0. The molecule has 0 bridgehead atoms. The largest absolute Gasteiger partial charge is 0.350 e. The fourth-order valence-electron chi connectivity index (χ4n) is 1.48. The van der Waals surface area contributed by atoms with Crippen molar-refractivity contribution in [3.63, 3.8) is 0 Å². The van der Waals surface area contributed by atoms with Gasteiger partial charge in [-0.2, -0.15) is 0 Å². The SMILES string of the molecule is CCCCC(C)NC(=O)c1cc[nH]c(=O)c1. The molecule has 1 rings (SSSR count). The molecule has 88 valence electrons. The van der Waals surface area contributed by atoms with Gasteiger partial charge >= 0.3 is 0 Å². The number of pyridine rings is 1. The topological polar surface area (TPSA) is 62.0 Å². The Morgan fingerprint density at radius 2 is 2.31 bits per heavy atom. The highest BCUT2D eigenvalue weighted by atomic mass is 16.2. The van der Waals surface area contributed by atoms with Gasteiger partial charge < -0.3 is 10.3 Å². The number of hydrogen-bond donors (Lipinski definition) is 2. The number of nitrogens with one attached hydrogen (secondary N) is 2. The summed E-state index contributed by atoms with van der Waals surface area (Å²) in [5.41, 5.74) is 0.154. The van der Waals surface area contributed by atoms with E-state index < -0.39 is 0 Å². The van der Waals surface area contributed by atoms with E-state index in [0.717, 1.165) is 19.3 Å². The normalized spacial score (nSPS) is 12.1. The van der Waals surface area contributed by atoms with Crippen molar-refractivity contribution in [3.05, 3.63) is 34.2 Å². The zero-order chi connectivity index (χ0) is 12.0. The van der Waals surface area contributed by atoms with Crippen LogP contribution < -0.4 is 10.9 Å². The summed E-state index contributed by atoms with van der Waals surface area (Å²) in [6.07, 6.45) is 4.65. The fraction of sp³-hybridized carbons (Fsp3) is 0.500. The number of amides is 1. The summed E-state index contributed by atoms with van der Waals surface area (Å²) in [5.74, 6) is -0.185. The first-order chi connectivity index (χ1) is 7.63. The third-order valence-corrected chi connectivity index (χ3v) is 2.41. The second kappa shape index (κ2) is 6.10. The molecule has 2 N–H and O–H groups in total. The van der Waals surface area contributed by atoms with Crippen LogP contribution in [0, 0.1) is 0 Å². The van der Waals surface area contributed by atoms with Gasteiger partial charge in [0.25, 0.3) is 5.91 Å². The van der Waals surface area contributed by atoms with E-state index in [-0.39, 0.29) is 17.5 Å². The van der Waals surface area contributed by atoms with Gasteiger partial charge in [-0.25, -0.2) is 0 Å². The van der Waals surface area contributed by atoms with Crippen molar-refractivity contribution in [3.8, 4) is 0 Å². The molecule has 1 aromatic rings. The van der Waals surface area contributed by atoms with E-state index in [4.69, 9.17) is 0 Å². The Labute approximate surface area is 95.1 Å². The smallest absolute Gasteiger partial charge is 0.251 e. The lowest BCUT2D eigenvalue weighted by Crippen LogP contribution is -2.33. The van der Waals surface area contributed by atoms with Gasteiger partial charge in [-0.3, -0.25) is 9.59 Å². The van der Waals surface area contributed by atoms with E-state index in [1.54, 1.807) is 6.07 Å². The van der Waals surface area contributed by atoms with Crippen molar-refractivity contribution >= 4 is 5.91 Å². The molecule has 16 heavy (non-hydrogen) atoms. The summed E-state index contributed by atoms with van der Waals surface area (Å²) in [6.45, 7) is 4.09. The van der Waals surface area contributed by atoms with Gasteiger partial charge in [0, 0.05) is 23.9 Å². The van der Waals surface area contributed by atoms with Crippen LogP contribution in [0.2, 0.25) is 0 Å². The van der Waals surface area contributed by atoms with E-state index in [1.165, 1.54) is 12.3 Å². The van der Waals surface area contributed by atoms with Crippen LogP contribution in [0.25, 0.3) is 0 Å². The van der Waals surface area contributed by atoms with E-state index in [2.05, 4.69) is 17.2 Å². The highest BCUT2D eigenvalue weighted by Gasteiger charge is 2.09. The molecule has 0 spiro atoms. The van der Waals surface area contributed by atoms with Gasteiger partial charge in [-0.1, -0.05) is 19.8 Å². The second-order valence-corrected chi connectivity index (χ2v) is 3.96. The summed E-state index contributed by atoms with van der Waals surface area (Å²) in [4.78, 5) is 25.2. The van der Waals surface area contributed by atoms with E-state index in [0.29, 0.717) is 5.56 Å². The first kappa shape index (κ1) is 12.5. The average molecular weight is 222 g/mol. The summed E-state index contributed by atoms with van der Waals surface area (Å²) in [5, 5.41) is 2.87.